The second kappa shape index (κ2) is 11.6. The number of azo groups is 1. The average molecular weight is 588 g/mol. The molecule has 4 aromatic carbocycles. The Hall–Kier alpha value is -3.70. The van der Waals surface area contributed by atoms with Crippen LogP contribution in [0.25, 0.3) is 10.8 Å². The van der Waals surface area contributed by atoms with Crippen LogP contribution in [0.2, 0.25) is 10.0 Å². The third kappa shape index (κ3) is 5.99. The van der Waals surface area contributed by atoms with E-state index in [1.807, 2.05) is 0 Å². The van der Waals surface area contributed by atoms with Gasteiger partial charge in [0, 0.05) is 10.4 Å². The number of carbonyl (C=O) groups is 1. The van der Waals surface area contributed by atoms with Crippen molar-refractivity contribution in [2.75, 3.05) is 11.9 Å². The fraction of sp³-hybridized carbons (Fsp3) is 0.148. The molecule has 0 radical (unpaired) electrons. The molecule has 0 bridgehead atoms. The molecule has 0 spiro atoms. The topological polar surface area (TPSA) is 138 Å². The second-order valence-electron chi connectivity index (χ2n) is 8.28. The smallest absolute Gasteiger partial charge is 0.294 e. The number of hydrogen-bond donors (Lipinski definition) is 3. The molecule has 9 nitrogen and oxygen atoms in total. The summed E-state index contributed by atoms with van der Waals surface area (Å²) < 4.78 is 39.0. The number of aromatic hydroxyl groups is 1. The molecule has 0 fully saturated rings. The van der Waals surface area contributed by atoms with Gasteiger partial charge in [0.15, 0.2) is 5.75 Å². The van der Waals surface area contributed by atoms with E-state index in [0.29, 0.717) is 23.1 Å². The lowest BCUT2D eigenvalue weighted by Gasteiger charge is -2.15. The van der Waals surface area contributed by atoms with Gasteiger partial charge in [-0.05, 0) is 54.6 Å². The predicted molar refractivity (Wildman–Crippen MR) is 151 cm³/mol. The molecule has 39 heavy (non-hydrogen) atoms. The van der Waals surface area contributed by atoms with Gasteiger partial charge in [-0.25, -0.2) is 0 Å². The molecule has 0 saturated heterocycles. The Kier molecular flexibility index (Phi) is 8.41. The number of nitrogens with zero attached hydrogens (tertiary/aromatic N) is 2. The number of hydrogen-bond acceptors (Lipinski definition) is 7. The molecule has 4 rings (SSSR count). The highest BCUT2D eigenvalue weighted by atomic mass is 35.5. The van der Waals surface area contributed by atoms with Gasteiger partial charge < -0.3 is 15.2 Å². The van der Waals surface area contributed by atoms with Crippen molar-refractivity contribution in [1.29, 1.82) is 0 Å². The third-order valence-corrected chi connectivity index (χ3v) is 7.36. The van der Waals surface area contributed by atoms with E-state index in [4.69, 9.17) is 27.9 Å². The molecule has 4 aromatic rings. The van der Waals surface area contributed by atoms with Gasteiger partial charge in [0.2, 0.25) is 0 Å². The van der Waals surface area contributed by atoms with Gasteiger partial charge in [-0.15, -0.1) is 5.11 Å². The molecule has 12 heteroatoms. The Morgan fingerprint density at radius 1 is 1.00 bits per heavy atom. The van der Waals surface area contributed by atoms with Crippen LogP contribution in [0.15, 0.2) is 75.8 Å². The van der Waals surface area contributed by atoms with E-state index >= 15 is 0 Å². The number of anilines is 1. The zero-order valence-electron chi connectivity index (χ0n) is 20.8. The van der Waals surface area contributed by atoms with Gasteiger partial charge in [-0.2, -0.15) is 13.5 Å². The average Bonchev–Trinajstić information content (AvgIpc) is 2.89. The summed E-state index contributed by atoms with van der Waals surface area (Å²) in [6.45, 7) is 3.83. The molecule has 1 amide bonds. The SMILES string of the molecule is CCOc1cccc(Cl)c1NC(=O)c1cc2ccccc2c(N=Nc2cc(Cl)c(CC)c(S(=O)(=O)O)c2)c1O. The number of halogens is 2. The first-order valence-corrected chi connectivity index (χ1v) is 13.9. The molecule has 3 N–H and O–H groups in total. The monoisotopic (exact) mass is 587 g/mol. The lowest BCUT2D eigenvalue weighted by molar-refractivity contribution is 0.102. The normalized spacial score (nSPS) is 11.7. The zero-order valence-corrected chi connectivity index (χ0v) is 23.1. The minimum atomic E-state index is -4.58. The Morgan fingerprint density at radius 2 is 1.74 bits per heavy atom. The van der Waals surface area contributed by atoms with Crippen LogP contribution in [-0.2, 0) is 16.5 Å². The van der Waals surface area contributed by atoms with Crippen molar-refractivity contribution in [1.82, 2.24) is 0 Å². The van der Waals surface area contributed by atoms with Gasteiger partial charge in [0.05, 0.1) is 22.9 Å². The van der Waals surface area contributed by atoms with Crippen molar-refractivity contribution in [3.8, 4) is 11.5 Å². The molecular weight excluding hydrogens is 565 g/mol. The van der Waals surface area contributed by atoms with Crippen molar-refractivity contribution in [2.45, 2.75) is 25.2 Å². The van der Waals surface area contributed by atoms with E-state index < -0.39 is 26.7 Å². The van der Waals surface area contributed by atoms with Gasteiger partial charge in [-0.1, -0.05) is 60.5 Å². The van der Waals surface area contributed by atoms with E-state index in [2.05, 4.69) is 15.5 Å². The zero-order chi connectivity index (χ0) is 28.3. The highest BCUT2D eigenvalue weighted by Crippen LogP contribution is 2.41. The van der Waals surface area contributed by atoms with Gasteiger partial charge in [0.1, 0.15) is 22.0 Å². The predicted octanol–water partition coefficient (Wildman–Crippen LogP) is 7.73. The Morgan fingerprint density at radius 3 is 2.44 bits per heavy atom. The number of phenolic OH excluding ortho intramolecular Hbond substituents is 1. The Balaban J connectivity index is 1.82. The number of benzene rings is 4. The first-order chi connectivity index (χ1) is 18.5. The summed E-state index contributed by atoms with van der Waals surface area (Å²) in [5.41, 5.74) is 0.344. The largest absolute Gasteiger partial charge is 0.505 e. The molecular formula is C27H23Cl2N3O6S. The van der Waals surface area contributed by atoms with Crippen LogP contribution >= 0.6 is 23.2 Å². The van der Waals surface area contributed by atoms with Crippen molar-refractivity contribution < 1.29 is 27.6 Å². The minimum absolute atomic E-state index is 0.0144. The van der Waals surface area contributed by atoms with E-state index in [9.17, 15) is 22.9 Å². The summed E-state index contributed by atoms with van der Waals surface area (Å²) in [5, 5.41) is 23.4. The van der Waals surface area contributed by atoms with Crippen LogP contribution in [0.1, 0.15) is 29.8 Å². The maximum atomic E-state index is 13.3. The number of carbonyl (C=O) groups excluding carboxylic acids is 1. The van der Waals surface area contributed by atoms with Gasteiger partial charge in [-0.3, -0.25) is 9.35 Å². The number of rotatable bonds is 8. The third-order valence-electron chi connectivity index (χ3n) is 5.79. The summed E-state index contributed by atoms with van der Waals surface area (Å²) in [5.74, 6) is -0.778. The summed E-state index contributed by atoms with van der Waals surface area (Å²) in [6, 6.07) is 15.8. The molecule has 0 aromatic heterocycles. The van der Waals surface area contributed by atoms with Crippen molar-refractivity contribution in [2.24, 2.45) is 10.2 Å². The van der Waals surface area contributed by atoms with E-state index in [1.54, 1.807) is 56.3 Å². The number of para-hydroxylation sites is 1. The summed E-state index contributed by atoms with van der Waals surface area (Å²) in [6.07, 6.45) is 0.254. The molecule has 0 aliphatic heterocycles. The number of phenols is 1. The number of fused-ring (bicyclic) bond motifs is 1. The van der Waals surface area contributed by atoms with Gasteiger partial charge in [0.25, 0.3) is 16.0 Å². The molecule has 202 valence electrons. The number of nitrogens with one attached hydrogen (secondary N) is 1. The standard InChI is InChI=1S/C27H23Cl2N3O6S/c1-3-17-21(29)13-16(14-23(17)39(35,36)37)31-32-24-18-9-6-5-8-15(18)12-19(26(24)33)27(34)30-25-20(28)10-7-11-22(25)38-4-2/h5-14,33H,3-4H2,1-2H3,(H,30,34)(H,35,36,37). The minimum Gasteiger partial charge on any atom is -0.505 e. The Bertz CT molecular complexity index is 1720. The summed E-state index contributed by atoms with van der Waals surface area (Å²) >= 11 is 12.5. The van der Waals surface area contributed by atoms with Crippen LogP contribution < -0.4 is 10.1 Å². The molecule has 0 aliphatic carbocycles. The summed E-state index contributed by atoms with van der Waals surface area (Å²) in [7, 11) is -4.58. The first kappa shape index (κ1) is 28.3. The van der Waals surface area contributed by atoms with Gasteiger partial charge >= 0.3 is 0 Å². The maximum absolute atomic E-state index is 13.3. The highest BCUT2D eigenvalue weighted by molar-refractivity contribution is 7.85. The summed E-state index contributed by atoms with van der Waals surface area (Å²) in [4.78, 5) is 12.9. The van der Waals surface area contributed by atoms with E-state index in [0.717, 1.165) is 6.07 Å². The lowest BCUT2D eigenvalue weighted by atomic mass is 10.0. The molecule has 0 aliphatic rings. The van der Waals surface area contributed by atoms with Crippen LogP contribution in [0.5, 0.6) is 11.5 Å². The fourth-order valence-electron chi connectivity index (χ4n) is 4.01. The second-order valence-corrected chi connectivity index (χ2v) is 10.5. The lowest BCUT2D eigenvalue weighted by Crippen LogP contribution is -2.14. The maximum Gasteiger partial charge on any atom is 0.294 e. The Labute approximate surface area is 234 Å². The van der Waals surface area contributed by atoms with Crippen molar-refractivity contribution in [3.05, 3.63) is 81.8 Å². The van der Waals surface area contributed by atoms with Crippen molar-refractivity contribution >= 4 is 67.1 Å². The van der Waals surface area contributed by atoms with Crippen LogP contribution in [0.3, 0.4) is 0 Å². The quantitative estimate of drug-likeness (QED) is 0.142. The fourth-order valence-corrected chi connectivity index (χ4v) is 5.46. The van der Waals surface area contributed by atoms with Crippen LogP contribution in [0, 0.1) is 0 Å². The number of ether oxygens (including phenoxy) is 1. The highest BCUT2D eigenvalue weighted by Gasteiger charge is 2.22. The van der Waals surface area contributed by atoms with Crippen LogP contribution in [-0.4, -0.2) is 30.6 Å². The van der Waals surface area contributed by atoms with E-state index in [1.165, 1.54) is 12.1 Å². The molecule has 0 saturated carbocycles. The number of amides is 1. The first-order valence-electron chi connectivity index (χ1n) is 11.7. The molecule has 0 atom stereocenters. The van der Waals surface area contributed by atoms with Crippen molar-refractivity contribution in [3.63, 3.8) is 0 Å². The van der Waals surface area contributed by atoms with Crippen LogP contribution in [0.4, 0.5) is 17.1 Å². The van der Waals surface area contributed by atoms with E-state index in [-0.39, 0.29) is 44.7 Å². The molecule has 0 heterocycles. The molecule has 0 unspecified atom stereocenters.